The van der Waals surface area contributed by atoms with E-state index in [1.807, 2.05) is 36.4 Å². The van der Waals surface area contributed by atoms with E-state index in [4.69, 9.17) is 18.9 Å². The fraction of sp³-hybridized carbons (Fsp3) is 0.241. The maximum absolute atomic E-state index is 14.0. The molecule has 0 bridgehead atoms. The van der Waals surface area contributed by atoms with Gasteiger partial charge in [-0.3, -0.25) is 9.59 Å². The van der Waals surface area contributed by atoms with Crippen molar-refractivity contribution < 1.29 is 28.5 Å². The quantitative estimate of drug-likeness (QED) is 0.433. The smallest absolute Gasteiger partial charge is 0.271 e. The van der Waals surface area contributed by atoms with Gasteiger partial charge in [0, 0.05) is 10.9 Å². The zero-order valence-corrected chi connectivity index (χ0v) is 23.0. The minimum atomic E-state index is -0.690. The molecule has 196 valence electrons. The summed E-state index contributed by atoms with van der Waals surface area (Å²) in [5, 5.41) is 2.84. The van der Waals surface area contributed by atoms with E-state index in [9.17, 15) is 9.59 Å². The first-order chi connectivity index (χ1) is 18.4. The van der Waals surface area contributed by atoms with Crippen molar-refractivity contribution >= 4 is 33.8 Å². The summed E-state index contributed by atoms with van der Waals surface area (Å²) in [6.45, 7) is 0. The predicted octanol–water partition coefficient (Wildman–Crippen LogP) is 4.50. The van der Waals surface area contributed by atoms with Gasteiger partial charge in [0.05, 0.1) is 34.5 Å². The molecule has 1 N–H and O–H groups in total. The number of fused-ring (bicyclic) bond motifs is 2. The van der Waals surface area contributed by atoms with E-state index in [1.165, 1.54) is 0 Å². The zero-order chi connectivity index (χ0) is 27.0. The third-order valence-electron chi connectivity index (χ3n) is 6.90. The molecule has 2 aliphatic rings. The standard InChI is InChI=1S/C29H27BrN2O6/c1-35-23-10-5-16(12-24(23)36-2)11-21-29(34)32-22(28(33)31-21)13-18-14-25(37-3)26(38-4)15-20(18)27(32)17-6-8-19(30)9-7-17/h5-12,14-15,22,27H,13H2,1-4H3,(H,31,33)/b21-11-/t22-,27+/m1/s1. The van der Waals surface area contributed by atoms with E-state index in [0.29, 0.717) is 35.0 Å². The van der Waals surface area contributed by atoms with Gasteiger partial charge in [0.15, 0.2) is 23.0 Å². The van der Waals surface area contributed by atoms with E-state index in [-0.39, 0.29) is 17.5 Å². The minimum Gasteiger partial charge on any atom is -0.493 e. The average Bonchev–Trinajstić information content (AvgIpc) is 2.94. The Morgan fingerprint density at radius 3 is 2.13 bits per heavy atom. The van der Waals surface area contributed by atoms with Gasteiger partial charge in [-0.2, -0.15) is 0 Å². The van der Waals surface area contributed by atoms with Gasteiger partial charge in [0.25, 0.3) is 5.91 Å². The number of nitrogens with zero attached hydrogens (tertiary/aromatic N) is 1. The monoisotopic (exact) mass is 578 g/mol. The Kier molecular flexibility index (Phi) is 7.03. The Labute approximate surface area is 229 Å². The van der Waals surface area contributed by atoms with Crippen LogP contribution in [0.1, 0.15) is 28.3 Å². The Hall–Kier alpha value is -3.98. The largest absolute Gasteiger partial charge is 0.493 e. The number of amides is 2. The molecule has 1 saturated heterocycles. The van der Waals surface area contributed by atoms with Crippen molar-refractivity contribution in [3.8, 4) is 23.0 Å². The van der Waals surface area contributed by atoms with Gasteiger partial charge in [-0.05, 0) is 64.7 Å². The van der Waals surface area contributed by atoms with Gasteiger partial charge in [-0.15, -0.1) is 0 Å². The highest BCUT2D eigenvalue weighted by Crippen LogP contribution is 2.44. The van der Waals surface area contributed by atoms with Crippen molar-refractivity contribution in [2.75, 3.05) is 28.4 Å². The highest BCUT2D eigenvalue weighted by molar-refractivity contribution is 9.10. The molecule has 0 radical (unpaired) electrons. The Balaban J connectivity index is 1.64. The van der Waals surface area contributed by atoms with E-state index >= 15 is 0 Å². The number of nitrogens with one attached hydrogen (secondary N) is 1. The molecule has 2 atom stereocenters. The summed E-state index contributed by atoms with van der Waals surface area (Å²) in [6, 6.07) is 15.7. The molecule has 2 amide bonds. The lowest BCUT2D eigenvalue weighted by molar-refractivity contribution is -0.144. The molecule has 0 unspecified atom stereocenters. The summed E-state index contributed by atoms with van der Waals surface area (Å²) < 4.78 is 22.7. The van der Waals surface area contributed by atoms with E-state index in [1.54, 1.807) is 57.6 Å². The van der Waals surface area contributed by atoms with Crippen molar-refractivity contribution in [1.82, 2.24) is 10.2 Å². The number of methoxy groups -OCH3 is 4. The number of hydrogen-bond donors (Lipinski definition) is 1. The van der Waals surface area contributed by atoms with Crippen molar-refractivity contribution in [2.24, 2.45) is 0 Å². The molecule has 5 rings (SSSR count). The molecule has 0 aromatic heterocycles. The second-order valence-corrected chi connectivity index (χ2v) is 9.87. The van der Waals surface area contributed by atoms with Crippen molar-refractivity contribution in [3.63, 3.8) is 0 Å². The summed E-state index contributed by atoms with van der Waals surface area (Å²) in [6.07, 6.45) is 2.01. The van der Waals surface area contributed by atoms with Gasteiger partial charge in [-0.25, -0.2) is 0 Å². The number of halogens is 1. The number of ether oxygens (including phenoxy) is 4. The van der Waals surface area contributed by atoms with Gasteiger partial charge in [0.2, 0.25) is 5.91 Å². The topological polar surface area (TPSA) is 86.3 Å². The molecule has 9 heteroatoms. The highest BCUT2D eigenvalue weighted by Gasteiger charge is 2.46. The highest BCUT2D eigenvalue weighted by atomic mass is 79.9. The van der Waals surface area contributed by atoms with E-state index < -0.39 is 12.1 Å². The van der Waals surface area contributed by atoms with Crippen LogP contribution in [0.5, 0.6) is 23.0 Å². The molecular formula is C29H27BrN2O6. The maximum Gasteiger partial charge on any atom is 0.271 e. The average molecular weight is 579 g/mol. The fourth-order valence-electron chi connectivity index (χ4n) is 5.08. The molecule has 0 spiro atoms. The first-order valence-electron chi connectivity index (χ1n) is 12.0. The molecule has 0 aliphatic carbocycles. The number of carbonyl (C=O) groups is 2. The van der Waals surface area contributed by atoms with Gasteiger partial charge in [-0.1, -0.05) is 34.1 Å². The van der Waals surface area contributed by atoms with Crippen LogP contribution < -0.4 is 24.3 Å². The van der Waals surface area contributed by atoms with Crippen molar-refractivity contribution in [2.45, 2.75) is 18.5 Å². The van der Waals surface area contributed by atoms with Gasteiger partial charge >= 0.3 is 0 Å². The molecule has 0 saturated carbocycles. The summed E-state index contributed by atoms with van der Waals surface area (Å²) in [5.41, 5.74) is 3.56. The van der Waals surface area contributed by atoms with Crippen LogP contribution in [0, 0.1) is 0 Å². The van der Waals surface area contributed by atoms with Crippen molar-refractivity contribution in [3.05, 3.63) is 87.0 Å². The molecule has 1 fully saturated rings. The summed E-state index contributed by atoms with van der Waals surface area (Å²) in [7, 11) is 6.26. The lowest BCUT2D eigenvalue weighted by Gasteiger charge is -2.45. The minimum absolute atomic E-state index is 0.185. The van der Waals surface area contributed by atoms with Crippen LogP contribution in [0.3, 0.4) is 0 Å². The summed E-state index contributed by atoms with van der Waals surface area (Å²) >= 11 is 3.49. The first kappa shape index (κ1) is 25.7. The second-order valence-electron chi connectivity index (χ2n) is 8.95. The lowest BCUT2D eigenvalue weighted by atomic mass is 9.82. The van der Waals surface area contributed by atoms with Crippen LogP contribution in [-0.2, 0) is 16.0 Å². The fourth-order valence-corrected chi connectivity index (χ4v) is 5.35. The van der Waals surface area contributed by atoms with Gasteiger partial charge in [0.1, 0.15) is 11.7 Å². The normalized spacial score (nSPS) is 19.4. The van der Waals surface area contributed by atoms with Crippen LogP contribution in [0.15, 0.2) is 64.8 Å². The Morgan fingerprint density at radius 2 is 1.47 bits per heavy atom. The predicted molar refractivity (Wildman–Crippen MR) is 146 cm³/mol. The third kappa shape index (κ3) is 4.47. The number of hydrogen-bond acceptors (Lipinski definition) is 6. The number of carbonyl (C=O) groups excluding carboxylic acids is 2. The van der Waals surface area contributed by atoms with Crippen LogP contribution in [0.25, 0.3) is 6.08 Å². The molecule has 38 heavy (non-hydrogen) atoms. The Morgan fingerprint density at radius 1 is 0.842 bits per heavy atom. The number of benzene rings is 3. The molecular weight excluding hydrogens is 552 g/mol. The second kappa shape index (κ2) is 10.4. The van der Waals surface area contributed by atoms with Crippen LogP contribution >= 0.6 is 15.9 Å². The van der Waals surface area contributed by atoms with Crippen LogP contribution in [-0.4, -0.2) is 51.2 Å². The molecule has 8 nitrogen and oxygen atoms in total. The summed E-state index contributed by atoms with van der Waals surface area (Å²) in [4.78, 5) is 29.2. The molecule has 3 aromatic rings. The van der Waals surface area contributed by atoms with Crippen molar-refractivity contribution in [1.29, 1.82) is 0 Å². The summed E-state index contributed by atoms with van der Waals surface area (Å²) in [5.74, 6) is 1.69. The first-order valence-corrected chi connectivity index (χ1v) is 12.7. The van der Waals surface area contributed by atoms with Crippen LogP contribution in [0.2, 0.25) is 0 Å². The van der Waals surface area contributed by atoms with E-state index in [2.05, 4.69) is 21.2 Å². The molecule has 2 aliphatic heterocycles. The van der Waals surface area contributed by atoms with E-state index in [0.717, 1.165) is 21.2 Å². The lowest BCUT2D eigenvalue weighted by Crippen LogP contribution is -2.60. The van der Waals surface area contributed by atoms with Gasteiger partial charge < -0.3 is 29.2 Å². The SMILES string of the molecule is COc1ccc(/C=C2\NC(=O)[C@H]3Cc4cc(OC)c(OC)cc4[C@H](c4ccc(Br)cc4)N3C2=O)cc1OC. The molecule has 2 heterocycles. The maximum atomic E-state index is 14.0. The third-order valence-corrected chi connectivity index (χ3v) is 7.43. The number of rotatable bonds is 6. The molecule has 3 aromatic carbocycles. The number of piperazine rings is 1. The van der Waals surface area contributed by atoms with Crippen LogP contribution in [0.4, 0.5) is 0 Å². The Bertz CT molecular complexity index is 1440. The zero-order valence-electron chi connectivity index (χ0n) is 21.4.